The zero-order chi connectivity index (χ0) is 20.6. The van der Waals surface area contributed by atoms with Crippen molar-refractivity contribution in [2.24, 2.45) is 0 Å². The lowest BCUT2D eigenvalue weighted by Crippen LogP contribution is -2.42. The fraction of sp³-hybridized carbons (Fsp3) is 0.450. The Hall–Kier alpha value is -2.68. The number of nitrogens with zero attached hydrogens (tertiary/aromatic N) is 3. The predicted octanol–water partition coefficient (Wildman–Crippen LogP) is 3.22. The summed E-state index contributed by atoms with van der Waals surface area (Å²) >= 11 is 0. The minimum atomic E-state index is -3.12. The van der Waals surface area contributed by atoms with E-state index < -0.39 is 9.84 Å². The van der Waals surface area contributed by atoms with Crippen LogP contribution in [0.1, 0.15) is 42.2 Å². The van der Waals surface area contributed by atoms with Crippen molar-refractivity contribution in [1.82, 2.24) is 15.0 Å². The lowest BCUT2D eigenvalue weighted by Gasteiger charge is -2.28. The molecule has 0 spiro atoms. The van der Waals surface area contributed by atoms with Gasteiger partial charge in [-0.15, -0.1) is 0 Å². The molecule has 0 bridgehead atoms. The smallest absolute Gasteiger partial charge is 0.259 e. The topological polar surface area (TPSA) is 107 Å². The summed E-state index contributed by atoms with van der Waals surface area (Å²) in [5.74, 6) is 0.402. The molecule has 0 aliphatic carbocycles. The van der Waals surface area contributed by atoms with Crippen LogP contribution >= 0.6 is 0 Å². The van der Waals surface area contributed by atoms with Gasteiger partial charge in [0, 0.05) is 12.6 Å². The van der Waals surface area contributed by atoms with Gasteiger partial charge in [-0.05, 0) is 38.0 Å². The fourth-order valence-corrected chi connectivity index (χ4v) is 5.50. The molecule has 1 unspecified atom stereocenters. The van der Waals surface area contributed by atoms with Crippen molar-refractivity contribution in [2.45, 2.75) is 39.2 Å². The summed E-state index contributed by atoms with van der Waals surface area (Å²) < 4.78 is 34.8. The fourth-order valence-electron chi connectivity index (χ4n) is 3.77. The van der Waals surface area contributed by atoms with Gasteiger partial charge in [-0.2, -0.15) is 0 Å². The number of hydrogen-bond donors (Lipinski definition) is 0. The summed E-state index contributed by atoms with van der Waals surface area (Å²) in [5.41, 5.74) is 1.70. The lowest BCUT2D eigenvalue weighted by atomic mass is 10.1. The van der Waals surface area contributed by atoms with E-state index in [0.717, 1.165) is 12.8 Å². The number of furan rings is 1. The first-order valence-corrected chi connectivity index (χ1v) is 11.5. The number of carbonyl (C=O) groups is 1. The van der Waals surface area contributed by atoms with Crippen LogP contribution in [0.25, 0.3) is 22.6 Å². The molecule has 0 N–H and O–H groups in total. The second kappa shape index (κ2) is 7.62. The van der Waals surface area contributed by atoms with E-state index in [1.54, 1.807) is 30.0 Å². The van der Waals surface area contributed by atoms with Gasteiger partial charge in [0.1, 0.15) is 5.69 Å². The third-order valence-corrected chi connectivity index (χ3v) is 7.03. The van der Waals surface area contributed by atoms with Crippen molar-refractivity contribution in [2.75, 3.05) is 18.1 Å². The minimum absolute atomic E-state index is 0.00431. The van der Waals surface area contributed by atoms with Crippen molar-refractivity contribution in [1.29, 1.82) is 0 Å². The highest BCUT2D eigenvalue weighted by Gasteiger charge is 2.36. The van der Waals surface area contributed by atoms with Gasteiger partial charge in [0.25, 0.3) is 11.6 Å². The summed E-state index contributed by atoms with van der Waals surface area (Å²) in [5, 5.41) is 4.52. The molecule has 4 rings (SSSR count). The summed E-state index contributed by atoms with van der Waals surface area (Å²) in [6, 6.07) is 4.85. The molecule has 3 aromatic heterocycles. The Balaban J connectivity index is 1.80. The van der Waals surface area contributed by atoms with Gasteiger partial charge in [-0.1, -0.05) is 18.5 Å². The maximum atomic E-state index is 13.6. The van der Waals surface area contributed by atoms with Crippen LogP contribution in [0.5, 0.6) is 0 Å². The predicted molar refractivity (Wildman–Crippen MR) is 107 cm³/mol. The van der Waals surface area contributed by atoms with Crippen LogP contribution in [0, 0.1) is 6.92 Å². The molecule has 1 amide bonds. The molecular formula is C20H23N3O5S. The number of aromatic nitrogens is 2. The molecule has 3 aromatic rings. The van der Waals surface area contributed by atoms with E-state index in [2.05, 4.69) is 10.1 Å². The SMILES string of the molecule is CCCCN(C(=O)c1cc(-c2ccco2)nc2onc(C)c12)C1CCS(=O)(=O)C1. The average Bonchev–Trinajstić information content (AvgIpc) is 3.42. The number of aryl methyl sites for hydroxylation is 1. The molecule has 29 heavy (non-hydrogen) atoms. The molecule has 0 radical (unpaired) electrons. The monoisotopic (exact) mass is 417 g/mol. The van der Waals surface area contributed by atoms with Gasteiger partial charge < -0.3 is 13.8 Å². The summed E-state index contributed by atoms with van der Waals surface area (Å²) in [6.07, 6.45) is 3.69. The number of pyridine rings is 1. The Bertz CT molecular complexity index is 1130. The molecule has 8 nitrogen and oxygen atoms in total. The van der Waals surface area contributed by atoms with Gasteiger partial charge >= 0.3 is 0 Å². The van der Waals surface area contributed by atoms with Crippen molar-refractivity contribution in [3.63, 3.8) is 0 Å². The van der Waals surface area contributed by atoms with E-state index in [0.29, 0.717) is 41.1 Å². The number of rotatable bonds is 6. The molecule has 1 fully saturated rings. The van der Waals surface area contributed by atoms with Crippen LogP contribution in [-0.2, 0) is 9.84 Å². The molecule has 9 heteroatoms. The minimum Gasteiger partial charge on any atom is -0.463 e. The van der Waals surface area contributed by atoms with E-state index in [4.69, 9.17) is 8.94 Å². The Kier molecular flexibility index (Phi) is 5.16. The van der Waals surface area contributed by atoms with Crippen molar-refractivity contribution >= 4 is 26.8 Å². The Morgan fingerprint density at radius 3 is 2.86 bits per heavy atom. The molecule has 154 valence electrons. The summed E-state index contributed by atoms with van der Waals surface area (Å²) in [7, 11) is -3.12. The average molecular weight is 417 g/mol. The van der Waals surface area contributed by atoms with Gasteiger partial charge in [0.2, 0.25) is 0 Å². The zero-order valence-electron chi connectivity index (χ0n) is 16.4. The summed E-state index contributed by atoms with van der Waals surface area (Å²) in [4.78, 5) is 19.8. The molecular weight excluding hydrogens is 394 g/mol. The maximum Gasteiger partial charge on any atom is 0.259 e. The highest BCUT2D eigenvalue weighted by Crippen LogP contribution is 2.30. The number of hydrogen-bond acceptors (Lipinski definition) is 7. The van der Waals surface area contributed by atoms with Crippen molar-refractivity contribution in [3.8, 4) is 11.5 Å². The van der Waals surface area contributed by atoms with E-state index in [-0.39, 0.29) is 29.2 Å². The number of fused-ring (bicyclic) bond motifs is 1. The van der Waals surface area contributed by atoms with Gasteiger partial charge in [-0.25, -0.2) is 13.4 Å². The van der Waals surface area contributed by atoms with Gasteiger partial charge in [0.05, 0.1) is 34.4 Å². The molecule has 1 atom stereocenters. The molecule has 1 aliphatic heterocycles. The second-order valence-electron chi connectivity index (χ2n) is 7.39. The molecule has 0 aromatic carbocycles. The molecule has 1 aliphatic rings. The third-order valence-electron chi connectivity index (χ3n) is 5.28. The maximum absolute atomic E-state index is 13.6. The quantitative estimate of drug-likeness (QED) is 0.606. The second-order valence-corrected chi connectivity index (χ2v) is 9.62. The number of sulfone groups is 1. The van der Waals surface area contributed by atoms with E-state index in [1.807, 2.05) is 6.92 Å². The van der Waals surface area contributed by atoms with Crippen molar-refractivity contribution in [3.05, 3.63) is 35.7 Å². The largest absolute Gasteiger partial charge is 0.463 e. The lowest BCUT2D eigenvalue weighted by molar-refractivity contribution is 0.0696. The van der Waals surface area contributed by atoms with Crippen LogP contribution in [-0.4, -0.2) is 53.5 Å². The van der Waals surface area contributed by atoms with Crippen LogP contribution in [0.2, 0.25) is 0 Å². The van der Waals surface area contributed by atoms with Crippen LogP contribution in [0.4, 0.5) is 0 Å². The number of amides is 1. The molecule has 0 saturated carbocycles. The van der Waals surface area contributed by atoms with E-state index in [9.17, 15) is 13.2 Å². The van der Waals surface area contributed by atoms with E-state index in [1.165, 1.54) is 6.26 Å². The van der Waals surface area contributed by atoms with Gasteiger partial charge in [-0.3, -0.25) is 4.79 Å². The van der Waals surface area contributed by atoms with Crippen LogP contribution in [0.15, 0.2) is 33.4 Å². The normalized spacial score (nSPS) is 18.3. The number of unbranched alkanes of at least 4 members (excludes halogenated alkanes) is 1. The molecule has 1 saturated heterocycles. The van der Waals surface area contributed by atoms with Gasteiger partial charge in [0.15, 0.2) is 15.6 Å². The van der Waals surface area contributed by atoms with E-state index >= 15 is 0 Å². The number of carbonyl (C=O) groups excluding carboxylic acids is 1. The van der Waals surface area contributed by atoms with Crippen LogP contribution in [0.3, 0.4) is 0 Å². The van der Waals surface area contributed by atoms with Crippen molar-refractivity contribution < 1.29 is 22.2 Å². The highest BCUT2D eigenvalue weighted by molar-refractivity contribution is 7.91. The first-order chi connectivity index (χ1) is 13.9. The summed E-state index contributed by atoms with van der Waals surface area (Å²) in [6.45, 7) is 4.30. The standard InChI is InChI=1S/C20H23N3O5S/c1-3-4-8-23(14-7-10-29(25,26)12-14)20(24)15-11-16(17-6-5-9-27-17)21-19-18(15)13(2)22-28-19/h5-6,9,11,14H,3-4,7-8,10,12H2,1-2H3. The first-order valence-electron chi connectivity index (χ1n) is 9.72. The Labute approximate surface area is 168 Å². The Morgan fingerprint density at radius 1 is 1.38 bits per heavy atom. The third kappa shape index (κ3) is 3.78. The highest BCUT2D eigenvalue weighted by atomic mass is 32.2. The Morgan fingerprint density at radius 2 is 2.21 bits per heavy atom. The zero-order valence-corrected chi connectivity index (χ0v) is 17.2. The first kappa shape index (κ1) is 19.6. The van der Waals surface area contributed by atoms with Crippen LogP contribution < -0.4 is 0 Å². The molecule has 4 heterocycles.